The Balaban J connectivity index is 2.61. The summed E-state index contributed by atoms with van der Waals surface area (Å²) in [4.78, 5) is 21.7. The molecule has 0 saturated heterocycles. The van der Waals surface area contributed by atoms with Gasteiger partial charge in [0.1, 0.15) is 0 Å². The van der Waals surface area contributed by atoms with Crippen LogP contribution in [0.4, 0.5) is 0 Å². The van der Waals surface area contributed by atoms with Gasteiger partial charge in [-0.1, -0.05) is 18.2 Å². The first kappa shape index (κ1) is 12.2. The number of hydrazone groups is 1. The van der Waals surface area contributed by atoms with E-state index in [0.717, 1.165) is 6.21 Å². The van der Waals surface area contributed by atoms with Gasteiger partial charge in [-0.2, -0.15) is 5.10 Å². The van der Waals surface area contributed by atoms with Crippen LogP contribution in [0.2, 0.25) is 0 Å². The number of rotatable bonds is 4. The van der Waals surface area contributed by atoms with Crippen molar-refractivity contribution < 1.29 is 14.7 Å². The second kappa shape index (κ2) is 5.87. The molecule has 1 N–H and O–H groups in total. The van der Waals surface area contributed by atoms with Crippen molar-refractivity contribution in [1.82, 2.24) is 4.53 Å². The standard InChI is InChI=1S/C10H9ClN2O3/c11-13(12-7-6-9(14)15)10(16)8-4-2-1-3-5-8/h1-5,7H,6H2,(H,14,15). The summed E-state index contributed by atoms with van der Waals surface area (Å²) in [5.41, 5.74) is 0.380. The molecule has 0 unspecified atom stereocenters. The fourth-order valence-corrected chi connectivity index (χ4v) is 1.09. The summed E-state index contributed by atoms with van der Waals surface area (Å²) < 4.78 is 0.582. The number of hydrogen-bond donors (Lipinski definition) is 1. The van der Waals surface area contributed by atoms with Gasteiger partial charge in [0.15, 0.2) is 0 Å². The molecule has 0 atom stereocenters. The number of halogens is 1. The normalized spacial score (nSPS) is 10.3. The lowest BCUT2D eigenvalue weighted by Gasteiger charge is -2.06. The van der Waals surface area contributed by atoms with Crippen molar-refractivity contribution in [2.24, 2.45) is 5.10 Å². The average molecular weight is 241 g/mol. The van der Waals surface area contributed by atoms with Gasteiger partial charge in [0, 0.05) is 23.6 Å². The third-order valence-electron chi connectivity index (χ3n) is 1.64. The summed E-state index contributed by atoms with van der Waals surface area (Å²) in [6.07, 6.45) is 0.765. The van der Waals surface area contributed by atoms with E-state index in [1.807, 2.05) is 0 Å². The highest BCUT2D eigenvalue weighted by Crippen LogP contribution is 2.07. The van der Waals surface area contributed by atoms with E-state index in [-0.39, 0.29) is 6.42 Å². The zero-order valence-corrected chi connectivity index (χ0v) is 8.96. The second-order valence-electron chi connectivity index (χ2n) is 2.83. The van der Waals surface area contributed by atoms with Crippen molar-refractivity contribution in [3.8, 4) is 0 Å². The maximum absolute atomic E-state index is 11.6. The maximum atomic E-state index is 11.6. The lowest BCUT2D eigenvalue weighted by Crippen LogP contribution is -2.16. The van der Waals surface area contributed by atoms with Crippen LogP contribution >= 0.6 is 11.8 Å². The Morgan fingerprint density at radius 2 is 2.00 bits per heavy atom. The Hall–Kier alpha value is -1.88. The fraction of sp³-hybridized carbons (Fsp3) is 0.100. The smallest absolute Gasteiger partial charge is 0.308 e. The first-order chi connectivity index (χ1) is 7.61. The summed E-state index contributed by atoms with van der Waals surface area (Å²) >= 11 is 5.54. The maximum Gasteiger partial charge on any atom is 0.308 e. The molecule has 1 amide bonds. The van der Waals surface area contributed by atoms with E-state index in [0.29, 0.717) is 10.1 Å². The van der Waals surface area contributed by atoms with Crippen molar-refractivity contribution in [3.63, 3.8) is 0 Å². The number of carboxylic acids is 1. The Morgan fingerprint density at radius 1 is 1.38 bits per heavy atom. The monoisotopic (exact) mass is 240 g/mol. The highest BCUT2D eigenvalue weighted by molar-refractivity contribution is 6.24. The van der Waals surface area contributed by atoms with Crippen LogP contribution in [0.25, 0.3) is 0 Å². The minimum absolute atomic E-state index is 0.286. The molecule has 0 radical (unpaired) electrons. The molecule has 0 bridgehead atoms. The Morgan fingerprint density at radius 3 is 2.56 bits per heavy atom. The van der Waals surface area contributed by atoms with Gasteiger partial charge in [-0.3, -0.25) is 9.59 Å². The number of amides is 1. The number of carbonyl (C=O) groups excluding carboxylic acids is 1. The van der Waals surface area contributed by atoms with Crippen molar-refractivity contribution in [2.75, 3.05) is 0 Å². The van der Waals surface area contributed by atoms with E-state index < -0.39 is 11.9 Å². The molecule has 0 spiro atoms. The van der Waals surface area contributed by atoms with Gasteiger partial charge >= 0.3 is 5.97 Å². The molecule has 1 rings (SSSR count). The molecule has 1 aromatic carbocycles. The largest absolute Gasteiger partial charge is 0.481 e. The number of aliphatic carboxylic acids is 1. The fourth-order valence-electron chi connectivity index (χ4n) is 0.930. The van der Waals surface area contributed by atoms with Gasteiger partial charge in [0.25, 0.3) is 5.91 Å². The van der Waals surface area contributed by atoms with Crippen molar-refractivity contribution in [2.45, 2.75) is 6.42 Å². The third-order valence-corrected chi connectivity index (χ3v) is 1.88. The minimum atomic E-state index is -1.04. The first-order valence-electron chi connectivity index (χ1n) is 4.41. The Labute approximate surface area is 97.0 Å². The highest BCUT2D eigenvalue weighted by atomic mass is 35.5. The van der Waals surface area contributed by atoms with Gasteiger partial charge in [-0.25, -0.2) is 0 Å². The summed E-state index contributed by atoms with van der Waals surface area (Å²) in [5.74, 6) is -1.55. The molecule has 0 aromatic heterocycles. The summed E-state index contributed by atoms with van der Waals surface area (Å²) in [6, 6.07) is 8.33. The van der Waals surface area contributed by atoms with Crippen LogP contribution in [0.1, 0.15) is 16.8 Å². The first-order valence-corrected chi connectivity index (χ1v) is 4.74. The van der Waals surface area contributed by atoms with Crippen LogP contribution in [0.15, 0.2) is 35.4 Å². The van der Waals surface area contributed by atoms with Crippen molar-refractivity contribution >= 4 is 29.9 Å². The SMILES string of the molecule is O=C(O)CC=NN(Cl)C(=O)c1ccccc1. The van der Waals surface area contributed by atoms with E-state index in [4.69, 9.17) is 16.9 Å². The molecule has 0 aliphatic rings. The predicted octanol–water partition coefficient (Wildman–Crippen LogP) is 1.74. The number of nitrogens with zero attached hydrogens (tertiary/aromatic N) is 2. The molecular formula is C10H9ClN2O3. The zero-order chi connectivity index (χ0) is 12.0. The number of benzene rings is 1. The van der Waals surface area contributed by atoms with Crippen LogP contribution in [0, 0.1) is 0 Å². The van der Waals surface area contributed by atoms with Crippen LogP contribution in [0.5, 0.6) is 0 Å². The zero-order valence-electron chi connectivity index (χ0n) is 8.21. The molecule has 6 heteroatoms. The molecule has 0 fully saturated rings. The number of carbonyl (C=O) groups is 2. The van der Waals surface area contributed by atoms with Gasteiger partial charge in [0.2, 0.25) is 0 Å². The quantitative estimate of drug-likeness (QED) is 0.495. The third kappa shape index (κ3) is 3.70. The molecule has 16 heavy (non-hydrogen) atoms. The van der Waals surface area contributed by atoms with Crippen molar-refractivity contribution in [1.29, 1.82) is 0 Å². The van der Waals surface area contributed by atoms with Crippen LogP contribution in [0.3, 0.4) is 0 Å². The van der Waals surface area contributed by atoms with E-state index in [1.165, 1.54) is 0 Å². The summed E-state index contributed by atoms with van der Waals surface area (Å²) in [7, 11) is 0. The van der Waals surface area contributed by atoms with Crippen LogP contribution in [-0.2, 0) is 4.79 Å². The lowest BCUT2D eigenvalue weighted by atomic mass is 10.2. The van der Waals surface area contributed by atoms with E-state index >= 15 is 0 Å². The summed E-state index contributed by atoms with van der Waals surface area (Å²) in [6.45, 7) is 0. The van der Waals surface area contributed by atoms with Crippen LogP contribution < -0.4 is 0 Å². The molecule has 1 aromatic rings. The molecule has 0 aliphatic carbocycles. The van der Waals surface area contributed by atoms with Gasteiger partial charge < -0.3 is 5.11 Å². The van der Waals surface area contributed by atoms with Crippen molar-refractivity contribution in [3.05, 3.63) is 35.9 Å². The molecule has 84 valence electrons. The Bertz CT molecular complexity index is 406. The number of carboxylic acid groups (broad SMARTS) is 1. The minimum Gasteiger partial charge on any atom is -0.481 e. The predicted molar refractivity (Wildman–Crippen MR) is 59.2 cm³/mol. The molecule has 0 saturated carbocycles. The van der Waals surface area contributed by atoms with Gasteiger partial charge in [0.05, 0.1) is 6.42 Å². The molecule has 0 heterocycles. The van der Waals surface area contributed by atoms with E-state index in [1.54, 1.807) is 30.3 Å². The van der Waals surface area contributed by atoms with Crippen LogP contribution in [-0.4, -0.2) is 27.7 Å². The van der Waals surface area contributed by atoms with E-state index in [9.17, 15) is 9.59 Å². The molecule has 0 aliphatic heterocycles. The van der Waals surface area contributed by atoms with Gasteiger partial charge in [-0.15, -0.1) is 4.53 Å². The van der Waals surface area contributed by atoms with E-state index in [2.05, 4.69) is 5.10 Å². The second-order valence-corrected chi connectivity index (χ2v) is 3.15. The lowest BCUT2D eigenvalue weighted by molar-refractivity contribution is -0.135. The van der Waals surface area contributed by atoms with Gasteiger partial charge in [-0.05, 0) is 12.1 Å². The highest BCUT2D eigenvalue weighted by Gasteiger charge is 2.11. The topological polar surface area (TPSA) is 70.0 Å². The average Bonchev–Trinajstić information content (AvgIpc) is 2.28. The molecular weight excluding hydrogens is 232 g/mol. The summed E-state index contributed by atoms with van der Waals surface area (Å²) in [5, 5.41) is 11.8. The Kier molecular flexibility index (Phi) is 4.47. The number of hydrogen-bond acceptors (Lipinski definition) is 3. The molecule has 5 nitrogen and oxygen atoms in total.